The molecule has 3 heteroatoms. The molecular weight excluding hydrogens is 759 g/mol. The largest absolute Gasteiger partial charge is 0.456 e. The van der Waals surface area contributed by atoms with Gasteiger partial charge in [-0.05, 0) is 110 Å². The summed E-state index contributed by atoms with van der Waals surface area (Å²) in [6.45, 7) is 0. The molecule has 0 aliphatic heterocycles. The molecule has 2 nitrogen and oxygen atoms in total. The minimum Gasteiger partial charge on any atom is -0.456 e. The fourth-order valence-electron chi connectivity index (χ4n) is 9.19. The molecule has 2 heterocycles. The average molecular weight is 796 g/mol. The maximum atomic E-state index is 6.34. The van der Waals surface area contributed by atoms with Crippen LogP contribution in [0.2, 0.25) is 0 Å². The van der Waals surface area contributed by atoms with Crippen LogP contribution in [0.25, 0.3) is 97.4 Å². The summed E-state index contributed by atoms with van der Waals surface area (Å²) in [4.78, 5) is 2.42. The average Bonchev–Trinajstić information content (AvgIpc) is 3.91. The molecule has 0 aliphatic carbocycles. The zero-order valence-electron chi connectivity index (χ0n) is 33.1. The Morgan fingerprint density at radius 2 is 0.918 bits per heavy atom. The highest BCUT2D eigenvalue weighted by Gasteiger charge is 2.20. The first-order valence-corrected chi connectivity index (χ1v) is 21.6. The molecule has 0 saturated heterocycles. The van der Waals surface area contributed by atoms with Crippen LogP contribution in [0, 0.1) is 0 Å². The Bertz CT molecular complexity index is 3630. The molecule has 0 atom stereocenters. The molecule has 286 valence electrons. The highest BCUT2D eigenvalue weighted by molar-refractivity contribution is 7.26. The van der Waals surface area contributed by atoms with Gasteiger partial charge in [0, 0.05) is 47.9 Å². The van der Waals surface area contributed by atoms with Crippen molar-refractivity contribution in [2.24, 2.45) is 0 Å². The minimum absolute atomic E-state index is 0.890. The van der Waals surface area contributed by atoms with Gasteiger partial charge in [-0.3, -0.25) is 0 Å². The summed E-state index contributed by atoms with van der Waals surface area (Å²) >= 11 is 1.88. The summed E-state index contributed by atoms with van der Waals surface area (Å²) in [6, 6.07) is 81.3. The van der Waals surface area contributed by atoms with Crippen LogP contribution < -0.4 is 4.90 Å². The van der Waals surface area contributed by atoms with Crippen LogP contribution in [0.15, 0.2) is 229 Å². The van der Waals surface area contributed by atoms with E-state index in [4.69, 9.17) is 4.42 Å². The smallest absolute Gasteiger partial charge is 0.136 e. The lowest BCUT2D eigenvalue weighted by atomic mass is 9.96. The van der Waals surface area contributed by atoms with Crippen molar-refractivity contribution in [2.45, 2.75) is 0 Å². The Labute approximate surface area is 357 Å². The first-order valence-electron chi connectivity index (χ1n) is 20.7. The number of anilines is 3. The summed E-state index contributed by atoms with van der Waals surface area (Å²) in [5.74, 6) is 0. The highest BCUT2D eigenvalue weighted by atomic mass is 32.1. The van der Waals surface area contributed by atoms with Gasteiger partial charge in [0.05, 0.1) is 5.69 Å². The zero-order valence-corrected chi connectivity index (χ0v) is 33.9. The molecule has 12 rings (SSSR count). The van der Waals surface area contributed by atoms with E-state index in [1.165, 1.54) is 53.2 Å². The van der Waals surface area contributed by atoms with Gasteiger partial charge in [-0.15, -0.1) is 11.3 Å². The van der Waals surface area contributed by atoms with Gasteiger partial charge in [0.2, 0.25) is 0 Å². The number of rotatable bonds is 7. The minimum atomic E-state index is 0.890. The predicted octanol–water partition coefficient (Wildman–Crippen LogP) is 17.2. The van der Waals surface area contributed by atoms with Crippen LogP contribution in [0.1, 0.15) is 0 Å². The van der Waals surface area contributed by atoms with Gasteiger partial charge in [0.25, 0.3) is 0 Å². The summed E-state index contributed by atoms with van der Waals surface area (Å²) in [5, 5.41) is 7.33. The second-order valence-corrected chi connectivity index (χ2v) is 16.7. The normalized spacial score (nSPS) is 11.6. The quantitative estimate of drug-likeness (QED) is 0.160. The second kappa shape index (κ2) is 14.5. The summed E-state index contributed by atoms with van der Waals surface area (Å²) < 4.78 is 8.98. The maximum Gasteiger partial charge on any atom is 0.136 e. The first kappa shape index (κ1) is 35.2. The molecule has 61 heavy (non-hydrogen) atoms. The third-order valence-corrected chi connectivity index (χ3v) is 13.3. The van der Waals surface area contributed by atoms with Crippen molar-refractivity contribution in [1.29, 1.82) is 0 Å². The standard InChI is InChI=1S/C58H37NOS/c1-2-15-39-34-44(33-32-38(39)14-1)47-22-3-6-28-53(47)59(46-21-11-19-43(37-46)48-25-13-30-55-57(48)52-24-4-7-29-54(52)60-55)45-20-10-17-41(36-45)40-16-9-18-42(35-40)49-26-12-27-51-50-23-5-8-31-56(50)61-58(49)51/h1-37H. The number of para-hydroxylation sites is 2. The Morgan fingerprint density at radius 3 is 1.80 bits per heavy atom. The summed E-state index contributed by atoms with van der Waals surface area (Å²) in [7, 11) is 0. The number of thiophene rings is 1. The lowest BCUT2D eigenvalue weighted by Crippen LogP contribution is -2.11. The van der Waals surface area contributed by atoms with Gasteiger partial charge in [0.15, 0.2) is 0 Å². The van der Waals surface area contributed by atoms with Gasteiger partial charge in [-0.1, -0.05) is 164 Å². The van der Waals surface area contributed by atoms with E-state index in [9.17, 15) is 0 Å². The Hall–Kier alpha value is -7.72. The lowest BCUT2D eigenvalue weighted by molar-refractivity contribution is 0.669. The van der Waals surface area contributed by atoms with E-state index in [0.29, 0.717) is 0 Å². The van der Waals surface area contributed by atoms with Crippen LogP contribution in [0.3, 0.4) is 0 Å². The fraction of sp³-hybridized carbons (Fsp3) is 0. The third-order valence-electron chi connectivity index (χ3n) is 12.0. The predicted molar refractivity (Wildman–Crippen MR) is 261 cm³/mol. The molecule has 0 fully saturated rings. The van der Waals surface area contributed by atoms with Crippen molar-refractivity contribution in [3.05, 3.63) is 224 Å². The zero-order chi connectivity index (χ0) is 40.3. The van der Waals surface area contributed by atoms with Crippen molar-refractivity contribution in [3.63, 3.8) is 0 Å². The van der Waals surface area contributed by atoms with Crippen LogP contribution in [0.5, 0.6) is 0 Å². The molecule has 0 spiro atoms. The van der Waals surface area contributed by atoms with E-state index >= 15 is 0 Å². The number of hydrogen-bond acceptors (Lipinski definition) is 3. The number of nitrogens with zero attached hydrogens (tertiary/aromatic N) is 1. The Balaban J connectivity index is 1.03. The molecule has 0 bridgehead atoms. The number of fused-ring (bicyclic) bond motifs is 7. The second-order valence-electron chi connectivity index (χ2n) is 15.7. The Morgan fingerprint density at radius 1 is 0.344 bits per heavy atom. The van der Waals surface area contributed by atoms with Crippen molar-refractivity contribution in [1.82, 2.24) is 0 Å². The van der Waals surface area contributed by atoms with E-state index < -0.39 is 0 Å². The fourth-order valence-corrected chi connectivity index (χ4v) is 10.4. The molecule has 0 amide bonds. The molecule has 0 radical (unpaired) electrons. The topological polar surface area (TPSA) is 16.4 Å². The number of hydrogen-bond donors (Lipinski definition) is 0. The van der Waals surface area contributed by atoms with Crippen molar-refractivity contribution in [2.75, 3.05) is 4.90 Å². The maximum absolute atomic E-state index is 6.34. The molecule has 0 aliphatic rings. The van der Waals surface area contributed by atoms with Gasteiger partial charge in [0.1, 0.15) is 11.2 Å². The first-order chi connectivity index (χ1) is 30.2. The van der Waals surface area contributed by atoms with Crippen molar-refractivity contribution >= 4 is 81.3 Å². The molecule has 10 aromatic carbocycles. The number of furan rings is 1. The summed E-state index contributed by atoms with van der Waals surface area (Å²) in [6.07, 6.45) is 0. The van der Waals surface area contributed by atoms with Crippen molar-refractivity contribution in [3.8, 4) is 44.5 Å². The van der Waals surface area contributed by atoms with E-state index in [0.717, 1.165) is 61.3 Å². The van der Waals surface area contributed by atoms with Gasteiger partial charge < -0.3 is 9.32 Å². The monoisotopic (exact) mass is 795 g/mol. The molecule has 0 N–H and O–H groups in total. The molecule has 0 saturated carbocycles. The van der Waals surface area contributed by atoms with Crippen LogP contribution in [-0.2, 0) is 0 Å². The van der Waals surface area contributed by atoms with E-state index in [1.54, 1.807) is 0 Å². The van der Waals surface area contributed by atoms with Crippen LogP contribution in [-0.4, -0.2) is 0 Å². The lowest BCUT2D eigenvalue weighted by Gasteiger charge is -2.29. The van der Waals surface area contributed by atoms with Gasteiger partial charge in [-0.2, -0.15) is 0 Å². The third kappa shape index (κ3) is 6.09. The molecule has 0 unspecified atom stereocenters. The van der Waals surface area contributed by atoms with Gasteiger partial charge in [-0.25, -0.2) is 0 Å². The molecule has 2 aromatic heterocycles. The highest BCUT2D eigenvalue weighted by Crippen LogP contribution is 2.45. The molecule has 12 aromatic rings. The van der Waals surface area contributed by atoms with E-state index in [-0.39, 0.29) is 0 Å². The van der Waals surface area contributed by atoms with E-state index in [1.807, 2.05) is 23.5 Å². The van der Waals surface area contributed by atoms with Crippen LogP contribution >= 0.6 is 11.3 Å². The summed E-state index contributed by atoms with van der Waals surface area (Å²) in [5.41, 5.74) is 14.4. The van der Waals surface area contributed by atoms with Crippen LogP contribution in [0.4, 0.5) is 17.1 Å². The molecular formula is C58H37NOS. The van der Waals surface area contributed by atoms with E-state index in [2.05, 4.69) is 217 Å². The van der Waals surface area contributed by atoms with Crippen molar-refractivity contribution < 1.29 is 4.42 Å². The number of benzene rings is 10. The Kier molecular flexibility index (Phi) is 8.39. The SMILES string of the molecule is c1cc(-c2cccc(N(c3cccc(-c4cccc5oc6ccccc6c45)c3)c3ccccc3-c3ccc4ccccc4c3)c2)cc(-c2cccc3c2sc2ccccc23)c1. The van der Waals surface area contributed by atoms with Gasteiger partial charge >= 0.3 is 0 Å².